The van der Waals surface area contributed by atoms with Crippen LogP contribution in [-0.2, 0) is 12.7 Å². The Morgan fingerprint density at radius 3 is 2.61 bits per heavy atom. The maximum atomic E-state index is 13.1. The summed E-state index contributed by atoms with van der Waals surface area (Å²) < 4.78 is 45.3. The predicted molar refractivity (Wildman–Crippen MR) is 93.9 cm³/mol. The molecule has 0 saturated carbocycles. The minimum absolute atomic E-state index is 0.0749. The van der Waals surface area contributed by atoms with Crippen molar-refractivity contribution >= 4 is 11.5 Å². The predicted octanol–water partition coefficient (Wildman–Crippen LogP) is 2.46. The van der Waals surface area contributed by atoms with E-state index in [0.717, 1.165) is 47.6 Å². The summed E-state index contributed by atoms with van der Waals surface area (Å²) in [6.45, 7) is 7.57. The zero-order chi connectivity index (χ0) is 19.9. The van der Waals surface area contributed by atoms with Gasteiger partial charge in [0.05, 0.1) is 5.69 Å². The Kier molecular flexibility index (Phi) is 4.69. The molecule has 0 spiro atoms. The summed E-state index contributed by atoms with van der Waals surface area (Å²) in [5.74, 6) is 0.189. The summed E-state index contributed by atoms with van der Waals surface area (Å²) in [6, 6.07) is 3.20. The SMILES string of the molecule is Cc1noc(C)c1CN1CCCN(c2ccc3nnc(C(F)(F)F)n3n2)CC1. The fourth-order valence-corrected chi connectivity index (χ4v) is 3.43. The molecule has 1 aliphatic heterocycles. The molecule has 3 aromatic heterocycles. The Hall–Kier alpha value is -2.69. The number of fused-ring (bicyclic) bond motifs is 1. The normalized spacial score (nSPS) is 16.7. The van der Waals surface area contributed by atoms with Crippen molar-refractivity contribution in [3.8, 4) is 0 Å². The molecule has 0 bridgehead atoms. The van der Waals surface area contributed by atoms with Crippen molar-refractivity contribution in [2.75, 3.05) is 31.1 Å². The number of hydrogen-bond acceptors (Lipinski definition) is 7. The standard InChI is InChI=1S/C17H20F3N7O/c1-11-13(12(2)28-24-11)10-25-6-3-7-26(9-8-25)15-5-4-14-21-22-16(17(18,19)20)27(14)23-15/h4-5H,3,6-10H2,1-2H3. The highest BCUT2D eigenvalue weighted by Gasteiger charge is 2.37. The van der Waals surface area contributed by atoms with Gasteiger partial charge in [-0.05, 0) is 32.4 Å². The van der Waals surface area contributed by atoms with E-state index in [1.165, 1.54) is 6.07 Å². The fraction of sp³-hybridized carbons (Fsp3) is 0.529. The second-order valence-electron chi connectivity index (χ2n) is 6.90. The monoisotopic (exact) mass is 395 g/mol. The van der Waals surface area contributed by atoms with Crippen LogP contribution in [-0.4, -0.2) is 56.0 Å². The van der Waals surface area contributed by atoms with Crippen LogP contribution in [0.15, 0.2) is 16.7 Å². The van der Waals surface area contributed by atoms with Crippen LogP contribution in [0.2, 0.25) is 0 Å². The maximum absolute atomic E-state index is 13.1. The summed E-state index contributed by atoms with van der Waals surface area (Å²) >= 11 is 0. The number of aromatic nitrogens is 5. The average molecular weight is 395 g/mol. The summed E-state index contributed by atoms with van der Waals surface area (Å²) in [6.07, 6.45) is -3.73. The van der Waals surface area contributed by atoms with Gasteiger partial charge in [0.25, 0.3) is 5.82 Å². The number of rotatable bonds is 3. The van der Waals surface area contributed by atoms with Crippen LogP contribution in [0.3, 0.4) is 0 Å². The third-order valence-corrected chi connectivity index (χ3v) is 4.98. The third-order valence-electron chi connectivity index (χ3n) is 4.98. The lowest BCUT2D eigenvalue weighted by Gasteiger charge is -2.22. The lowest BCUT2D eigenvalue weighted by Crippen LogP contribution is -2.31. The van der Waals surface area contributed by atoms with Crippen molar-refractivity contribution in [2.24, 2.45) is 0 Å². The van der Waals surface area contributed by atoms with Crippen LogP contribution >= 0.6 is 0 Å². The molecule has 28 heavy (non-hydrogen) atoms. The number of aryl methyl sites for hydroxylation is 2. The van der Waals surface area contributed by atoms with Crippen molar-refractivity contribution in [3.05, 3.63) is 35.0 Å². The van der Waals surface area contributed by atoms with E-state index >= 15 is 0 Å². The number of hydrogen-bond donors (Lipinski definition) is 0. The number of nitrogens with zero attached hydrogens (tertiary/aromatic N) is 7. The van der Waals surface area contributed by atoms with Gasteiger partial charge in [0.15, 0.2) is 5.65 Å². The fourth-order valence-electron chi connectivity index (χ4n) is 3.43. The van der Waals surface area contributed by atoms with Crippen LogP contribution in [0, 0.1) is 13.8 Å². The largest absolute Gasteiger partial charge is 0.453 e. The molecule has 8 nitrogen and oxygen atoms in total. The lowest BCUT2D eigenvalue weighted by atomic mass is 10.2. The molecule has 3 aromatic rings. The highest BCUT2D eigenvalue weighted by molar-refractivity contribution is 5.46. The van der Waals surface area contributed by atoms with Crippen molar-refractivity contribution in [2.45, 2.75) is 33.0 Å². The van der Waals surface area contributed by atoms with E-state index in [1.54, 1.807) is 6.07 Å². The zero-order valence-electron chi connectivity index (χ0n) is 15.6. The minimum Gasteiger partial charge on any atom is -0.361 e. The molecule has 0 atom stereocenters. The topological polar surface area (TPSA) is 75.6 Å². The van der Waals surface area contributed by atoms with Crippen LogP contribution in [0.5, 0.6) is 0 Å². The highest BCUT2D eigenvalue weighted by Crippen LogP contribution is 2.28. The first kappa shape index (κ1) is 18.7. The molecule has 1 aliphatic rings. The van der Waals surface area contributed by atoms with Crippen molar-refractivity contribution in [3.63, 3.8) is 0 Å². The molecule has 0 amide bonds. The van der Waals surface area contributed by atoms with Crippen LogP contribution in [0.4, 0.5) is 19.0 Å². The molecular weight excluding hydrogens is 375 g/mol. The Morgan fingerprint density at radius 1 is 1.07 bits per heavy atom. The van der Waals surface area contributed by atoms with E-state index in [-0.39, 0.29) is 5.65 Å². The molecular formula is C17H20F3N7O. The molecule has 1 fully saturated rings. The van der Waals surface area contributed by atoms with Gasteiger partial charge in [-0.1, -0.05) is 5.16 Å². The molecule has 150 valence electrons. The molecule has 4 rings (SSSR count). The van der Waals surface area contributed by atoms with E-state index in [1.807, 2.05) is 18.7 Å². The molecule has 4 heterocycles. The molecule has 1 saturated heterocycles. The maximum Gasteiger partial charge on any atom is 0.453 e. The van der Waals surface area contributed by atoms with Gasteiger partial charge in [-0.2, -0.15) is 17.7 Å². The highest BCUT2D eigenvalue weighted by atomic mass is 19.4. The van der Waals surface area contributed by atoms with E-state index in [2.05, 4.69) is 25.4 Å². The summed E-state index contributed by atoms with van der Waals surface area (Å²) in [5.41, 5.74) is 2.05. The van der Waals surface area contributed by atoms with E-state index in [4.69, 9.17) is 4.52 Å². The summed E-state index contributed by atoms with van der Waals surface area (Å²) in [5, 5.41) is 14.9. The summed E-state index contributed by atoms with van der Waals surface area (Å²) in [7, 11) is 0. The third kappa shape index (κ3) is 3.53. The quantitative estimate of drug-likeness (QED) is 0.674. The number of alkyl halides is 3. The van der Waals surface area contributed by atoms with Gasteiger partial charge >= 0.3 is 6.18 Å². The Morgan fingerprint density at radius 2 is 1.89 bits per heavy atom. The van der Waals surface area contributed by atoms with Gasteiger partial charge in [-0.25, -0.2) is 0 Å². The summed E-state index contributed by atoms with van der Waals surface area (Å²) in [4.78, 5) is 4.29. The van der Waals surface area contributed by atoms with E-state index in [9.17, 15) is 13.2 Å². The van der Waals surface area contributed by atoms with Gasteiger partial charge in [-0.3, -0.25) is 4.90 Å². The minimum atomic E-state index is -4.60. The molecule has 0 N–H and O–H groups in total. The molecule has 0 aromatic carbocycles. The van der Waals surface area contributed by atoms with Gasteiger partial charge in [-0.15, -0.1) is 15.3 Å². The van der Waals surface area contributed by atoms with Gasteiger partial charge in [0.1, 0.15) is 11.6 Å². The second kappa shape index (κ2) is 7.04. The Balaban J connectivity index is 1.51. The lowest BCUT2D eigenvalue weighted by molar-refractivity contribution is -0.146. The van der Waals surface area contributed by atoms with Crippen molar-refractivity contribution in [1.29, 1.82) is 0 Å². The Labute approximate surface area is 158 Å². The number of anilines is 1. The van der Waals surface area contributed by atoms with Gasteiger partial charge in [0.2, 0.25) is 0 Å². The first-order valence-electron chi connectivity index (χ1n) is 9.01. The molecule has 0 radical (unpaired) electrons. The van der Waals surface area contributed by atoms with E-state index in [0.29, 0.717) is 18.9 Å². The van der Waals surface area contributed by atoms with Crippen molar-refractivity contribution in [1.82, 2.24) is 29.9 Å². The van der Waals surface area contributed by atoms with Gasteiger partial charge in [0, 0.05) is 38.3 Å². The average Bonchev–Trinajstić information content (AvgIpc) is 3.12. The van der Waals surface area contributed by atoms with Crippen LogP contribution < -0.4 is 4.90 Å². The number of halogens is 3. The van der Waals surface area contributed by atoms with E-state index < -0.39 is 12.0 Å². The molecule has 0 aliphatic carbocycles. The van der Waals surface area contributed by atoms with Gasteiger partial charge < -0.3 is 9.42 Å². The van der Waals surface area contributed by atoms with Crippen LogP contribution in [0.25, 0.3) is 5.65 Å². The second-order valence-corrected chi connectivity index (χ2v) is 6.90. The molecule has 0 unspecified atom stereocenters. The molecule has 11 heteroatoms. The van der Waals surface area contributed by atoms with Crippen LogP contribution in [0.1, 0.15) is 29.3 Å². The first-order valence-corrected chi connectivity index (χ1v) is 9.01. The Bertz CT molecular complexity index is 961. The van der Waals surface area contributed by atoms with Crippen molar-refractivity contribution < 1.29 is 17.7 Å². The smallest absolute Gasteiger partial charge is 0.361 e. The first-order chi connectivity index (χ1) is 13.3. The zero-order valence-corrected chi connectivity index (χ0v) is 15.6.